The van der Waals surface area contributed by atoms with E-state index in [1.165, 1.54) is 0 Å². The zero-order valence-electron chi connectivity index (χ0n) is 27.4. The van der Waals surface area contributed by atoms with Gasteiger partial charge < -0.3 is 44.4 Å². The van der Waals surface area contributed by atoms with E-state index in [9.17, 15) is 14.7 Å². The zero-order valence-corrected chi connectivity index (χ0v) is 27.4. The van der Waals surface area contributed by atoms with Crippen LogP contribution >= 0.6 is 0 Å². The standard InChI is InChI=1S/C37H40N4O8/c1-24-4-2-5-30-33(43)22-32-29(34(24)30)6-3-11-41(32)37(45)31-21-26-20-27(23-38-35(26)40-31)39-36(44)25-7-9-28(10-8-25)49-19-18-48-17-16-47-15-14-46-13-12-42/h2,4-5,7-10,20-23,42-43H,3,6,11-19H2,1H3,(H,38,40)(H,39,44). The molecule has 12 heteroatoms. The van der Waals surface area contributed by atoms with Gasteiger partial charge in [-0.3, -0.25) is 9.59 Å². The summed E-state index contributed by atoms with van der Waals surface area (Å²) in [5, 5.41) is 24.8. The number of anilines is 2. The number of benzene rings is 3. The molecule has 0 saturated carbocycles. The number of aryl methyl sites for hydroxylation is 2. The van der Waals surface area contributed by atoms with Gasteiger partial charge in [-0.05, 0) is 72.7 Å². The lowest BCUT2D eigenvalue weighted by atomic mass is 9.91. The number of amides is 2. The molecule has 256 valence electrons. The second-order valence-corrected chi connectivity index (χ2v) is 11.7. The van der Waals surface area contributed by atoms with E-state index in [2.05, 4.69) is 15.3 Å². The summed E-state index contributed by atoms with van der Waals surface area (Å²) in [5.74, 6) is 0.243. The Kier molecular flexibility index (Phi) is 11.0. The molecule has 1 aliphatic rings. The number of nitrogens with zero attached hydrogens (tertiary/aromatic N) is 2. The molecule has 3 heterocycles. The maximum absolute atomic E-state index is 13.8. The predicted octanol–water partition coefficient (Wildman–Crippen LogP) is 5.00. The summed E-state index contributed by atoms with van der Waals surface area (Å²) in [4.78, 5) is 36.1. The number of aromatic amines is 1. The van der Waals surface area contributed by atoms with Crippen molar-refractivity contribution in [1.82, 2.24) is 9.97 Å². The van der Waals surface area contributed by atoms with E-state index < -0.39 is 0 Å². The minimum Gasteiger partial charge on any atom is -0.507 e. The number of rotatable bonds is 15. The highest BCUT2D eigenvalue weighted by atomic mass is 16.6. The molecule has 12 nitrogen and oxygen atoms in total. The fraction of sp³-hybridized carbons (Fsp3) is 0.324. The third-order valence-corrected chi connectivity index (χ3v) is 8.33. The Morgan fingerprint density at radius 3 is 2.43 bits per heavy atom. The molecule has 5 aromatic rings. The van der Waals surface area contributed by atoms with Crippen LogP contribution in [-0.4, -0.2) is 91.4 Å². The number of carbonyl (C=O) groups is 2. The number of aromatic nitrogens is 2. The predicted molar refractivity (Wildman–Crippen MR) is 186 cm³/mol. The highest BCUT2D eigenvalue weighted by Gasteiger charge is 2.28. The Morgan fingerprint density at radius 2 is 1.67 bits per heavy atom. The summed E-state index contributed by atoms with van der Waals surface area (Å²) >= 11 is 0. The smallest absolute Gasteiger partial charge is 0.274 e. The summed E-state index contributed by atoms with van der Waals surface area (Å²) in [5.41, 5.74) is 4.68. The first kappa shape index (κ1) is 33.9. The highest BCUT2D eigenvalue weighted by molar-refractivity contribution is 6.10. The number of hydrogen-bond donors (Lipinski definition) is 4. The van der Waals surface area contributed by atoms with Crippen molar-refractivity contribution in [3.8, 4) is 11.5 Å². The number of carbonyl (C=O) groups excluding carboxylic acids is 2. The van der Waals surface area contributed by atoms with E-state index in [1.807, 2.05) is 25.1 Å². The molecule has 2 amide bonds. The van der Waals surface area contributed by atoms with E-state index >= 15 is 0 Å². The maximum atomic E-state index is 13.8. The number of H-pyrrole nitrogens is 1. The van der Waals surface area contributed by atoms with Crippen molar-refractivity contribution < 1.29 is 38.7 Å². The number of aliphatic hydroxyl groups excluding tert-OH is 1. The largest absolute Gasteiger partial charge is 0.507 e. The number of phenolic OH excluding ortho intramolecular Hbond substituents is 1. The lowest BCUT2D eigenvalue weighted by Crippen LogP contribution is -2.35. The van der Waals surface area contributed by atoms with Crippen molar-refractivity contribution in [1.29, 1.82) is 0 Å². The first-order valence-corrected chi connectivity index (χ1v) is 16.4. The number of aromatic hydroxyl groups is 1. The summed E-state index contributed by atoms with van der Waals surface area (Å²) in [6.07, 6.45) is 3.18. The first-order valence-electron chi connectivity index (χ1n) is 16.4. The lowest BCUT2D eigenvalue weighted by molar-refractivity contribution is 0.00361. The van der Waals surface area contributed by atoms with Gasteiger partial charge in [-0.15, -0.1) is 0 Å². The molecule has 3 aromatic carbocycles. The molecule has 0 radical (unpaired) electrons. The molecular weight excluding hydrogens is 628 g/mol. The molecule has 4 N–H and O–H groups in total. The van der Waals surface area contributed by atoms with E-state index in [0.717, 1.165) is 40.4 Å². The van der Waals surface area contributed by atoms with Gasteiger partial charge in [0.05, 0.1) is 63.8 Å². The van der Waals surface area contributed by atoms with Crippen LogP contribution < -0.4 is 15.0 Å². The van der Waals surface area contributed by atoms with E-state index in [0.29, 0.717) is 86.5 Å². The third kappa shape index (κ3) is 8.01. The van der Waals surface area contributed by atoms with Crippen LogP contribution in [0.5, 0.6) is 11.5 Å². The monoisotopic (exact) mass is 668 g/mol. The number of ether oxygens (including phenoxy) is 4. The van der Waals surface area contributed by atoms with Crippen LogP contribution in [0.15, 0.2) is 66.9 Å². The molecule has 1 aliphatic heterocycles. The Hall–Kier alpha value is -5.01. The van der Waals surface area contributed by atoms with Crippen LogP contribution in [0.25, 0.3) is 21.8 Å². The Balaban J connectivity index is 1.03. The van der Waals surface area contributed by atoms with Gasteiger partial charge in [-0.1, -0.05) is 18.2 Å². The summed E-state index contributed by atoms with van der Waals surface area (Å²) in [6.45, 7) is 5.34. The van der Waals surface area contributed by atoms with Crippen molar-refractivity contribution in [2.24, 2.45) is 0 Å². The van der Waals surface area contributed by atoms with Crippen molar-refractivity contribution in [3.05, 3.63) is 89.2 Å². The number of pyridine rings is 1. The van der Waals surface area contributed by atoms with Crippen molar-refractivity contribution in [2.45, 2.75) is 19.8 Å². The SMILES string of the molecule is Cc1cccc2c(O)cc3c(c12)CCCN3C(=O)c1cc2cc(NC(=O)c3ccc(OCCOCCOCCOCCO)cc3)cnc2[nH]1. The number of aliphatic hydroxyl groups is 1. The van der Waals surface area contributed by atoms with Gasteiger partial charge >= 0.3 is 0 Å². The van der Waals surface area contributed by atoms with E-state index in [4.69, 9.17) is 24.1 Å². The second-order valence-electron chi connectivity index (χ2n) is 11.7. The molecule has 0 saturated heterocycles. The highest BCUT2D eigenvalue weighted by Crippen LogP contribution is 2.40. The number of fused-ring (bicyclic) bond motifs is 4. The molecule has 0 bridgehead atoms. The molecule has 0 fully saturated rings. The number of nitrogens with one attached hydrogen (secondary N) is 2. The quantitative estimate of drug-likeness (QED) is 0.113. The molecule has 0 atom stereocenters. The average molecular weight is 669 g/mol. The second kappa shape index (κ2) is 15.9. The topological polar surface area (TPSA) is 155 Å². The van der Waals surface area contributed by atoms with Crippen LogP contribution in [0.4, 0.5) is 11.4 Å². The molecule has 49 heavy (non-hydrogen) atoms. The lowest BCUT2D eigenvalue weighted by Gasteiger charge is -2.31. The van der Waals surface area contributed by atoms with Gasteiger partial charge in [-0.2, -0.15) is 0 Å². The van der Waals surface area contributed by atoms with Gasteiger partial charge in [0, 0.05) is 28.9 Å². The molecule has 0 aliphatic carbocycles. The van der Waals surface area contributed by atoms with E-state index in [-0.39, 0.29) is 24.2 Å². The summed E-state index contributed by atoms with van der Waals surface area (Å²) < 4.78 is 21.7. The van der Waals surface area contributed by atoms with E-state index in [1.54, 1.807) is 53.6 Å². The van der Waals surface area contributed by atoms with Crippen LogP contribution in [0.1, 0.15) is 38.4 Å². The molecule has 0 spiro atoms. The molecule has 0 unspecified atom stereocenters. The number of hydrogen-bond acceptors (Lipinski definition) is 9. The normalized spacial score (nSPS) is 12.7. The average Bonchev–Trinajstić information content (AvgIpc) is 3.54. The van der Waals surface area contributed by atoms with Crippen LogP contribution in [0.3, 0.4) is 0 Å². The van der Waals surface area contributed by atoms with Crippen LogP contribution in [-0.2, 0) is 20.6 Å². The Bertz CT molecular complexity index is 1920. The van der Waals surface area contributed by atoms with Gasteiger partial charge in [0.2, 0.25) is 0 Å². The van der Waals surface area contributed by atoms with Gasteiger partial charge in [0.25, 0.3) is 11.8 Å². The fourth-order valence-corrected chi connectivity index (χ4v) is 6.02. The minimum atomic E-state index is -0.308. The summed E-state index contributed by atoms with van der Waals surface area (Å²) in [6, 6.07) is 17.8. The minimum absolute atomic E-state index is 0.00291. The molecule has 2 aromatic heterocycles. The van der Waals surface area contributed by atoms with Gasteiger partial charge in [0.1, 0.15) is 29.4 Å². The molecule has 6 rings (SSSR count). The zero-order chi connectivity index (χ0) is 34.2. The fourth-order valence-electron chi connectivity index (χ4n) is 6.02. The Labute approximate surface area is 283 Å². The summed E-state index contributed by atoms with van der Waals surface area (Å²) in [7, 11) is 0. The van der Waals surface area contributed by atoms with Gasteiger partial charge in [-0.25, -0.2) is 4.98 Å². The maximum Gasteiger partial charge on any atom is 0.274 e. The van der Waals surface area contributed by atoms with Crippen molar-refractivity contribution >= 4 is 45.0 Å². The van der Waals surface area contributed by atoms with Crippen LogP contribution in [0.2, 0.25) is 0 Å². The first-order chi connectivity index (χ1) is 23.9. The van der Waals surface area contributed by atoms with Crippen LogP contribution in [0, 0.1) is 6.92 Å². The van der Waals surface area contributed by atoms with Gasteiger partial charge in [0.15, 0.2) is 0 Å². The number of phenols is 1. The van der Waals surface area contributed by atoms with Crippen molar-refractivity contribution in [3.63, 3.8) is 0 Å². The third-order valence-electron chi connectivity index (χ3n) is 8.33. The Morgan fingerprint density at radius 1 is 0.939 bits per heavy atom. The molecular formula is C37H40N4O8. The van der Waals surface area contributed by atoms with Crippen molar-refractivity contribution in [2.75, 3.05) is 69.6 Å².